The molecule has 0 aromatic heterocycles. The summed E-state index contributed by atoms with van der Waals surface area (Å²) in [6, 6.07) is 7.73. The van der Waals surface area contributed by atoms with Gasteiger partial charge in [0.05, 0.1) is 18.7 Å². The van der Waals surface area contributed by atoms with Crippen molar-refractivity contribution in [2.24, 2.45) is 0 Å². The first-order chi connectivity index (χ1) is 8.85. The van der Waals surface area contributed by atoms with Crippen LogP contribution in [0, 0.1) is 0 Å². The van der Waals surface area contributed by atoms with Gasteiger partial charge in [-0.25, -0.2) is 0 Å². The van der Waals surface area contributed by atoms with E-state index in [1.54, 1.807) is 19.1 Å². The molecule has 0 spiro atoms. The van der Waals surface area contributed by atoms with Crippen LogP contribution in [0.1, 0.15) is 32.4 Å². The van der Waals surface area contributed by atoms with Gasteiger partial charge in [0.25, 0.3) is 0 Å². The molecule has 0 saturated heterocycles. The van der Waals surface area contributed by atoms with Gasteiger partial charge in [0, 0.05) is 12.6 Å². The molecule has 1 amide bonds. The SMILES string of the molecule is CNC(C)(C)C(=O)N(C)C(C)c1ccccc1OC. The van der Waals surface area contributed by atoms with Gasteiger partial charge in [-0.05, 0) is 33.9 Å². The maximum Gasteiger partial charge on any atom is 0.242 e. The third kappa shape index (κ3) is 3.26. The number of nitrogens with zero attached hydrogens (tertiary/aromatic N) is 1. The summed E-state index contributed by atoms with van der Waals surface area (Å²) in [5.74, 6) is 0.852. The molecule has 1 atom stereocenters. The lowest BCUT2D eigenvalue weighted by Crippen LogP contribution is -2.52. The summed E-state index contributed by atoms with van der Waals surface area (Å²) in [5, 5.41) is 3.03. The lowest BCUT2D eigenvalue weighted by Gasteiger charge is -2.33. The standard InChI is InChI=1S/C15H24N2O2/c1-11(12-9-7-8-10-13(12)19-6)17(5)14(18)15(2,3)16-4/h7-11,16H,1-6H3. The summed E-state index contributed by atoms with van der Waals surface area (Å²) in [5.41, 5.74) is 0.429. The van der Waals surface area contributed by atoms with Crippen molar-refractivity contribution in [2.75, 3.05) is 21.2 Å². The second kappa shape index (κ2) is 6.06. The zero-order chi connectivity index (χ0) is 14.6. The Labute approximate surface area is 115 Å². The molecule has 0 bridgehead atoms. The van der Waals surface area contributed by atoms with E-state index in [1.807, 2.05) is 52.1 Å². The number of methoxy groups -OCH3 is 1. The van der Waals surface area contributed by atoms with Crippen LogP contribution in [-0.4, -0.2) is 37.6 Å². The zero-order valence-electron chi connectivity index (χ0n) is 12.7. The monoisotopic (exact) mass is 264 g/mol. The van der Waals surface area contributed by atoms with Crippen LogP contribution in [0.2, 0.25) is 0 Å². The van der Waals surface area contributed by atoms with Gasteiger partial charge < -0.3 is 15.0 Å². The number of rotatable bonds is 5. The molecule has 0 fully saturated rings. The third-order valence-electron chi connectivity index (χ3n) is 3.65. The summed E-state index contributed by atoms with van der Waals surface area (Å²) in [6.07, 6.45) is 0. The summed E-state index contributed by atoms with van der Waals surface area (Å²) in [7, 11) is 5.25. The van der Waals surface area contributed by atoms with Crippen molar-refractivity contribution in [3.05, 3.63) is 29.8 Å². The number of para-hydroxylation sites is 1. The molecule has 0 aliphatic carbocycles. The minimum Gasteiger partial charge on any atom is -0.496 e. The topological polar surface area (TPSA) is 41.6 Å². The lowest BCUT2D eigenvalue weighted by molar-refractivity contribution is -0.137. The lowest BCUT2D eigenvalue weighted by atomic mass is 10.0. The molecule has 0 heterocycles. The molecule has 1 rings (SSSR count). The summed E-state index contributed by atoms with van der Waals surface area (Å²) in [6.45, 7) is 5.75. The fraction of sp³-hybridized carbons (Fsp3) is 0.533. The Morgan fingerprint density at radius 3 is 2.47 bits per heavy atom. The number of likely N-dealkylation sites (N-methyl/N-ethyl adjacent to an activating group) is 2. The van der Waals surface area contributed by atoms with Gasteiger partial charge in [-0.3, -0.25) is 4.79 Å². The minimum atomic E-state index is -0.578. The Morgan fingerprint density at radius 1 is 1.37 bits per heavy atom. The molecule has 1 unspecified atom stereocenters. The molecule has 4 heteroatoms. The van der Waals surface area contributed by atoms with E-state index in [2.05, 4.69) is 5.32 Å². The normalized spacial score (nSPS) is 12.9. The summed E-state index contributed by atoms with van der Waals surface area (Å²) in [4.78, 5) is 14.2. The van der Waals surface area contributed by atoms with Gasteiger partial charge in [-0.1, -0.05) is 18.2 Å². The highest BCUT2D eigenvalue weighted by atomic mass is 16.5. The number of hydrogen-bond acceptors (Lipinski definition) is 3. The number of amides is 1. The van der Waals surface area contributed by atoms with Crippen molar-refractivity contribution in [3.63, 3.8) is 0 Å². The number of ether oxygens (including phenoxy) is 1. The first-order valence-corrected chi connectivity index (χ1v) is 6.44. The van der Waals surface area contributed by atoms with Crippen molar-refractivity contribution in [1.82, 2.24) is 10.2 Å². The van der Waals surface area contributed by atoms with Crippen LogP contribution in [0.3, 0.4) is 0 Å². The van der Waals surface area contributed by atoms with Crippen molar-refractivity contribution >= 4 is 5.91 Å². The largest absolute Gasteiger partial charge is 0.496 e. The van der Waals surface area contributed by atoms with Gasteiger partial charge in [0.1, 0.15) is 5.75 Å². The molecule has 0 aliphatic heterocycles. The number of benzene rings is 1. The van der Waals surface area contributed by atoms with Crippen molar-refractivity contribution in [2.45, 2.75) is 32.4 Å². The van der Waals surface area contributed by atoms with Gasteiger partial charge >= 0.3 is 0 Å². The minimum absolute atomic E-state index is 0.0451. The quantitative estimate of drug-likeness (QED) is 0.886. The highest BCUT2D eigenvalue weighted by molar-refractivity contribution is 5.85. The smallest absolute Gasteiger partial charge is 0.242 e. The molecule has 4 nitrogen and oxygen atoms in total. The maximum atomic E-state index is 12.4. The van der Waals surface area contributed by atoms with Gasteiger partial charge in [0.15, 0.2) is 0 Å². The average molecular weight is 264 g/mol. The molecular formula is C15H24N2O2. The van der Waals surface area contributed by atoms with E-state index in [0.29, 0.717) is 0 Å². The molecule has 19 heavy (non-hydrogen) atoms. The molecule has 1 N–H and O–H groups in total. The fourth-order valence-electron chi connectivity index (χ4n) is 1.94. The van der Waals surface area contributed by atoms with E-state index < -0.39 is 5.54 Å². The number of nitrogens with one attached hydrogen (secondary N) is 1. The molecule has 0 saturated carbocycles. The highest BCUT2D eigenvalue weighted by Gasteiger charge is 2.31. The molecule has 0 aliphatic rings. The van der Waals surface area contributed by atoms with E-state index in [9.17, 15) is 4.79 Å². The van der Waals surface area contributed by atoms with E-state index in [-0.39, 0.29) is 11.9 Å². The van der Waals surface area contributed by atoms with Crippen LogP contribution in [0.4, 0.5) is 0 Å². The van der Waals surface area contributed by atoms with Crippen LogP contribution in [0.15, 0.2) is 24.3 Å². The summed E-state index contributed by atoms with van der Waals surface area (Å²) < 4.78 is 5.35. The predicted molar refractivity (Wildman–Crippen MR) is 77.3 cm³/mol. The number of hydrogen-bond donors (Lipinski definition) is 1. The maximum absolute atomic E-state index is 12.4. The Kier molecular flexibility index (Phi) is 4.95. The van der Waals surface area contributed by atoms with Gasteiger partial charge in [0.2, 0.25) is 5.91 Å². The predicted octanol–water partition coefficient (Wildman–Crippen LogP) is 2.21. The van der Waals surface area contributed by atoms with E-state index in [1.165, 1.54) is 0 Å². The highest BCUT2D eigenvalue weighted by Crippen LogP contribution is 2.29. The van der Waals surface area contributed by atoms with Gasteiger partial charge in [-0.15, -0.1) is 0 Å². The Morgan fingerprint density at radius 2 is 1.95 bits per heavy atom. The molecule has 1 aromatic carbocycles. The fourth-order valence-corrected chi connectivity index (χ4v) is 1.94. The molecule has 1 aromatic rings. The average Bonchev–Trinajstić information content (AvgIpc) is 2.44. The van der Waals surface area contributed by atoms with E-state index >= 15 is 0 Å². The zero-order valence-corrected chi connectivity index (χ0v) is 12.7. The first kappa shape index (κ1) is 15.5. The van der Waals surface area contributed by atoms with E-state index in [0.717, 1.165) is 11.3 Å². The van der Waals surface area contributed by atoms with Crippen LogP contribution in [-0.2, 0) is 4.79 Å². The first-order valence-electron chi connectivity index (χ1n) is 6.44. The van der Waals surface area contributed by atoms with Crippen LogP contribution in [0.25, 0.3) is 0 Å². The van der Waals surface area contributed by atoms with E-state index in [4.69, 9.17) is 4.74 Å². The Balaban J connectivity index is 3.00. The molecular weight excluding hydrogens is 240 g/mol. The van der Waals surface area contributed by atoms with Crippen LogP contribution < -0.4 is 10.1 Å². The van der Waals surface area contributed by atoms with Crippen molar-refractivity contribution in [1.29, 1.82) is 0 Å². The van der Waals surface area contributed by atoms with Crippen LogP contribution >= 0.6 is 0 Å². The summed E-state index contributed by atoms with van der Waals surface area (Å²) >= 11 is 0. The van der Waals surface area contributed by atoms with Crippen molar-refractivity contribution < 1.29 is 9.53 Å². The van der Waals surface area contributed by atoms with Crippen LogP contribution in [0.5, 0.6) is 5.75 Å². The third-order valence-corrected chi connectivity index (χ3v) is 3.65. The Hall–Kier alpha value is -1.55. The molecule has 106 valence electrons. The van der Waals surface area contributed by atoms with Gasteiger partial charge in [-0.2, -0.15) is 0 Å². The number of carbonyl (C=O) groups is 1. The number of carbonyl (C=O) groups excluding carboxylic acids is 1. The Bertz CT molecular complexity index is 444. The molecule has 0 radical (unpaired) electrons. The second-order valence-electron chi connectivity index (χ2n) is 5.21. The van der Waals surface area contributed by atoms with Crippen molar-refractivity contribution in [3.8, 4) is 5.75 Å². The second-order valence-corrected chi connectivity index (χ2v) is 5.21.